The van der Waals surface area contributed by atoms with Crippen LogP contribution in [0.3, 0.4) is 0 Å². The molecule has 2 rings (SSSR count). The number of benzene rings is 1. The summed E-state index contributed by atoms with van der Waals surface area (Å²) in [6.45, 7) is 6.46. The number of ether oxygens (including phenoxy) is 1. The van der Waals surface area contributed by atoms with E-state index >= 15 is 0 Å². The van der Waals surface area contributed by atoms with Gasteiger partial charge in [-0.3, -0.25) is 9.79 Å². The Kier molecular flexibility index (Phi) is 11.9. The van der Waals surface area contributed by atoms with E-state index in [1.807, 2.05) is 31.3 Å². The second kappa shape index (κ2) is 13.6. The Balaban J connectivity index is 0.00000392. The number of halogens is 1. The summed E-state index contributed by atoms with van der Waals surface area (Å²) in [4.78, 5) is 17.6. The van der Waals surface area contributed by atoms with Crippen molar-refractivity contribution < 1.29 is 9.53 Å². The standard InChI is InChI=1S/C20H33N5O2.HI/c1-3-12-25-13-9-17(10-14-25)24-20(22-2)23-11-8-16-4-6-18(7-5-16)27-15-19(21)26;/h4-7,17H,3,8-15H2,1-2H3,(H2,21,26)(H2,22,23,24);1H. The van der Waals surface area contributed by atoms with Gasteiger partial charge >= 0.3 is 0 Å². The van der Waals surface area contributed by atoms with Crippen LogP contribution < -0.4 is 21.1 Å². The topological polar surface area (TPSA) is 92.0 Å². The molecule has 1 aliphatic rings. The molecule has 0 unspecified atom stereocenters. The lowest BCUT2D eigenvalue weighted by molar-refractivity contribution is -0.119. The average molecular weight is 503 g/mol. The lowest BCUT2D eigenvalue weighted by atomic mass is 10.1. The Bertz CT molecular complexity index is 601. The first-order valence-electron chi connectivity index (χ1n) is 9.80. The van der Waals surface area contributed by atoms with Crippen molar-refractivity contribution in [2.24, 2.45) is 10.7 Å². The largest absolute Gasteiger partial charge is 0.484 e. The van der Waals surface area contributed by atoms with Crippen LogP contribution in [0, 0.1) is 0 Å². The molecule has 1 aromatic carbocycles. The number of hydrogen-bond donors (Lipinski definition) is 3. The first-order chi connectivity index (χ1) is 13.1. The van der Waals surface area contributed by atoms with Gasteiger partial charge in [-0.05, 0) is 49.9 Å². The van der Waals surface area contributed by atoms with Gasteiger partial charge in [-0.15, -0.1) is 24.0 Å². The number of piperidine rings is 1. The van der Waals surface area contributed by atoms with Crippen molar-refractivity contribution in [2.45, 2.75) is 38.6 Å². The zero-order valence-corrected chi connectivity index (χ0v) is 19.3. The summed E-state index contributed by atoms with van der Waals surface area (Å²) in [6, 6.07) is 8.20. The number of nitrogens with zero attached hydrogens (tertiary/aromatic N) is 2. The monoisotopic (exact) mass is 503 g/mol. The number of nitrogens with two attached hydrogens (primary N) is 1. The van der Waals surface area contributed by atoms with Crippen molar-refractivity contribution in [3.63, 3.8) is 0 Å². The van der Waals surface area contributed by atoms with Gasteiger partial charge in [0.25, 0.3) is 5.91 Å². The number of carbonyl (C=O) groups excluding carboxylic acids is 1. The minimum absolute atomic E-state index is 0. The molecular weight excluding hydrogens is 469 g/mol. The van der Waals surface area contributed by atoms with Gasteiger partial charge in [-0.1, -0.05) is 19.1 Å². The number of aliphatic imine (C=N–C) groups is 1. The van der Waals surface area contributed by atoms with E-state index in [0.717, 1.165) is 44.9 Å². The van der Waals surface area contributed by atoms with Gasteiger partial charge in [0.15, 0.2) is 12.6 Å². The van der Waals surface area contributed by atoms with Crippen molar-refractivity contribution in [1.29, 1.82) is 0 Å². The fraction of sp³-hybridized carbons (Fsp3) is 0.600. The molecule has 158 valence electrons. The Labute approximate surface area is 185 Å². The minimum Gasteiger partial charge on any atom is -0.484 e. The average Bonchev–Trinajstić information content (AvgIpc) is 2.68. The molecule has 1 saturated heterocycles. The highest BCUT2D eigenvalue weighted by atomic mass is 127. The van der Waals surface area contributed by atoms with Crippen LogP contribution in [0.4, 0.5) is 0 Å². The second-order valence-electron chi connectivity index (χ2n) is 6.91. The molecule has 0 aliphatic carbocycles. The molecule has 1 heterocycles. The molecule has 0 radical (unpaired) electrons. The van der Waals surface area contributed by atoms with Crippen molar-refractivity contribution in [3.8, 4) is 5.75 Å². The van der Waals surface area contributed by atoms with Crippen LogP contribution in [0.2, 0.25) is 0 Å². The Morgan fingerprint density at radius 2 is 1.96 bits per heavy atom. The number of hydrogen-bond acceptors (Lipinski definition) is 4. The summed E-state index contributed by atoms with van der Waals surface area (Å²) in [5.41, 5.74) is 6.26. The number of primary amides is 1. The summed E-state index contributed by atoms with van der Waals surface area (Å²) in [5.74, 6) is 1.04. The third-order valence-electron chi connectivity index (χ3n) is 4.70. The van der Waals surface area contributed by atoms with Crippen LogP contribution in [0.25, 0.3) is 0 Å². The van der Waals surface area contributed by atoms with E-state index < -0.39 is 5.91 Å². The van der Waals surface area contributed by atoms with Gasteiger partial charge in [0.2, 0.25) is 0 Å². The van der Waals surface area contributed by atoms with Crippen molar-refractivity contribution in [2.75, 3.05) is 39.8 Å². The SMILES string of the molecule is CCCN1CCC(NC(=NC)NCCc2ccc(OCC(N)=O)cc2)CC1.I. The maximum absolute atomic E-state index is 10.7. The smallest absolute Gasteiger partial charge is 0.255 e. The zero-order valence-electron chi connectivity index (χ0n) is 16.9. The third kappa shape index (κ3) is 9.09. The molecule has 7 nitrogen and oxygen atoms in total. The molecule has 0 bridgehead atoms. The van der Waals surface area contributed by atoms with Crippen molar-refractivity contribution in [3.05, 3.63) is 29.8 Å². The van der Waals surface area contributed by atoms with E-state index in [1.165, 1.54) is 18.5 Å². The van der Waals surface area contributed by atoms with Gasteiger partial charge in [-0.25, -0.2) is 0 Å². The summed E-state index contributed by atoms with van der Waals surface area (Å²) in [7, 11) is 1.81. The van der Waals surface area contributed by atoms with Gasteiger partial charge < -0.3 is 26.0 Å². The van der Waals surface area contributed by atoms with Gasteiger partial charge in [0, 0.05) is 32.7 Å². The molecular formula is C20H34IN5O2. The lowest BCUT2D eigenvalue weighted by Gasteiger charge is -2.32. The molecule has 1 fully saturated rings. The summed E-state index contributed by atoms with van der Waals surface area (Å²) in [5, 5.41) is 6.93. The van der Waals surface area contributed by atoms with Gasteiger partial charge in [0.1, 0.15) is 5.75 Å². The molecule has 0 saturated carbocycles. The minimum atomic E-state index is -0.474. The van der Waals surface area contributed by atoms with Crippen LogP contribution in [-0.4, -0.2) is 62.6 Å². The number of carbonyl (C=O) groups is 1. The predicted molar refractivity (Wildman–Crippen MR) is 125 cm³/mol. The first-order valence-corrected chi connectivity index (χ1v) is 9.80. The summed E-state index contributed by atoms with van der Waals surface area (Å²) in [6.07, 6.45) is 4.42. The lowest BCUT2D eigenvalue weighted by Crippen LogP contribution is -2.49. The number of amides is 1. The number of nitrogens with one attached hydrogen (secondary N) is 2. The highest BCUT2D eigenvalue weighted by molar-refractivity contribution is 14.0. The van der Waals surface area contributed by atoms with E-state index in [2.05, 4.69) is 27.4 Å². The molecule has 1 aromatic rings. The first kappa shape index (κ1) is 24.5. The van der Waals surface area contributed by atoms with Crippen LogP contribution in [0.15, 0.2) is 29.3 Å². The maximum atomic E-state index is 10.7. The highest BCUT2D eigenvalue weighted by Crippen LogP contribution is 2.12. The Morgan fingerprint density at radius 1 is 1.29 bits per heavy atom. The molecule has 1 aliphatic heterocycles. The second-order valence-corrected chi connectivity index (χ2v) is 6.91. The van der Waals surface area contributed by atoms with Gasteiger partial charge in [-0.2, -0.15) is 0 Å². The number of guanidine groups is 1. The van der Waals surface area contributed by atoms with Crippen molar-refractivity contribution in [1.82, 2.24) is 15.5 Å². The fourth-order valence-corrected chi connectivity index (χ4v) is 3.24. The molecule has 8 heteroatoms. The summed E-state index contributed by atoms with van der Waals surface area (Å²) < 4.78 is 5.27. The normalized spacial score (nSPS) is 15.6. The third-order valence-corrected chi connectivity index (χ3v) is 4.70. The van der Waals surface area contributed by atoms with Crippen LogP contribution in [0.1, 0.15) is 31.7 Å². The quantitative estimate of drug-likeness (QED) is 0.272. The van der Waals surface area contributed by atoms with Crippen LogP contribution in [0.5, 0.6) is 5.75 Å². The Hall–Kier alpha value is -1.55. The van der Waals surface area contributed by atoms with E-state index in [4.69, 9.17) is 10.5 Å². The molecule has 0 spiro atoms. The molecule has 4 N–H and O–H groups in total. The number of rotatable bonds is 9. The fourth-order valence-electron chi connectivity index (χ4n) is 3.24. The van der Waals surface area contributed by atoms with Crippen LogP contribution >= 0.6 is 24.0 Å². The Morgan fingerprint density at radius 3 is 2.54 bits per heavy atom. The molecule has 1 amide bonds. The van der Waals surface area contributed by atoms with E-state index in [9.17, 15) is 4.79 Å². The predicted octanol–water partition coefficient (Wildman–Crippen LogP) is 1.75. The van der Waals surface area contributed by atoms with Gasteiger partial charge in [0.05, 0.1) is 0 Å². The van der Waals surface area contributed by atoms with Crippen LogP contribution in [-0.2, 0) is 11.2 Å². The zero-order chi connectivity index (χ0) is 19.5. The summed E-state index contributed by atoms with van der Waals surface area (Å²) >= 11 is 0. The molecule has 0 aromatic heterocycles. The van der Waals surface area contributed by atoms with E-state index in [0.29, 0.717) is 11.8 Å². The van der Waals surface area contributed by atoms with Crippen molar-refractivity contribution >= 4 is 35.8 Å². The number of likely N-dealkylation sites (tertiary alicyclic amines) is 1. The highest BCUT2D eigenvalue weighted by Gasteiger charge is 2.19. The molecule has 28 heavy (non-hydrogen) atoms. The van der Waals surface area contributed by atoms with E-state index in [-0.39, 0.29) is 30.6 Å². The maximum Gasteiger partial charge on any atom is 0.255 e. The van der Waals surface area contributed by atoms with E-state index in [1.54, 1.807) is 0 Å². The molecule has 0 atom stereocenters.